The highest BCUT2D eigenvalue weighted by Gasteiger charge is 2.00. The fourth-order valence-electron chi connectivity index (χ4n) is 0.869. The van der Waals surface area contributed by atoms with Crippen molar-refractivity contribution in [3.05, 3.63) is 29.8 Å². The first kappa shape index (κ1) is 8.05. The van der Waals surface area contributed by atoms with Gasteiger partial charge in [0.1, 0.15) is 11.9 Å². The number of hydrogen-bond acceptors (Lipinski definition) is 1. The lowest BCUT2D eigenvalue weighted by Crippen LogP contribution is -1.86. The minimum absolute atomic E-state index is 0.686. The highest BCUT2D eigenvalue weighted by atomic mass is 19.1. The summed E-state index contributed by atoms with van der Waals surface area (Å²) in [5.41, 5.74) is 0.686. The van der Waals surface area contributed by atoms with Crippen molar-refractivity contribution in [3.63, 3.8) is 0 Å². The topological polar surface area (TPSA) is 9.23 Å². The molecule has 60 valence electrons. The standard InChI is InChI=1S/C9H11FO/c1-7(10)8-3-5-9(11-2)6-4-8/h3-7H,1-2H3. The van der Waals surface area contributed by atoms with Gasteiger partial charge >= 0.3 is 0 Å². The van der Waals surface area contributed by atoms with Gasteiger partial charge in [0.2, 0.25) is 0 Å². The molecule has 0 bridgehead atoms. The van der Waals surface area contributed by atoms with Gasteiger partial charge in [-0.05, 0) is 24.6 Å². The van der Waals surface area contributed by atoms with Crippen molar-refractivity contribution in [2.24, 2.45) is 0 Å². The summed E-state index contributed by atoms with van der Waals surface area (Å²) < 4.78 is 17.6. The van der Waals surface area contributed by atoms with E-state index in [0.29, 0.717) is 5.56 Å². The third kappa shape index (κ3) is 1.93. The molecule has 0 aromatic heterocycles. The number of ether oxygens (including phenoxy) is 1. The molecule has 0 N–H and O–H groups in total. The zero-order chi connectivity index (χ0) is 8.27. The molecule has 1 unspecified atom stereocenters. The van der Waals surface area contributed by atoms with Gasteiger partial charge in [-0.2, -0.15) is 0 Å². The van der Waals surface area contributed by atoms with E-state index in [-0.39, 0.29) is 0 Å². The molecule has 1 rings (SSSR count). The van der Waals surface area contributed by atoms with E-state index in [1.807, 2.05) is 0 Å². The molecule has 1 nitrogen and oxygen atoms in total. The molecule has 11 heavy (non-hydrogen) atoms. The van der Waals surface area contributed by atoms with Crippen molar-refractivity contribution in [3.8, 4) is 5.75 Å². The van der Waals surface area contributed by atoms with E-state index in [9.17, 15) is 4.39 Å². The first-order valence-corrected chi connectivity index (χ1v) is 3.52. The molecular formula is C9H11FO. The zero-order valence-electron chi connectivity index (χ0n) is 6.67. The maximum absolute atomic E-state index is 12.6. The molecule has 0 aliphatic carbocycles. The first-order chi connectivity index (χ1) is 5.24. The Kier molecular flexibility index (Phi) is 2.47. The average molecular weight is 154 g/mol. The molecule has 0 amide bonds. The molecule has 0 radical (unpaired) electrons. The van der Waals surface area contributed by atoms with Crippen LogP contribution in [0.3, 0.4) is 0 Å². The SMILES string of the molecule is COc1ccc(C(C)F)cc1. The maximum atomic E-state index is 12.6. The van der Waals surface area contributed by atoms with Crippen LogP contribution in [0.5, 0.6) is 5.75 Å². The lowest BCUT2D eigenvalue weighted by atomic mass is 10.1. The minimum atomic E-state index is -0.902. The van der Waals surface area contributed by atoms with E-state index in [4.69, 9.17) is 4.74 Å². The molecule has 1 aromatic rings. The summed E-state index contributed by atoms with van der Waals surface area (Å²) in [6.45, 7) is 1.52. The zero-order valence-corrected chi connectivity index (χ0v) is 6.67. The Morgan fingerprint density at radius 3 is 2.18 bits per heavy atom. The van der Waals surface area contributed by atoms with E-state index >= 15 is 0 Å². The van der Waals surface area contributed by atoms with E-state index in [1.165, 1.54) is 6.92 Å². The number of rotatable bonds is 2. The number of methoxy groups -OCH3 is 1. The first-order valence-electron chi connectivity index (χ1n) is 3.52. The lowest BCUT2D eigenvalue weighted by molar-refractivity contribution is 0.373. The van der Waals surface area contributed by atoms with Crippen LogP contribution in [-0.2, 0) is 0 Å². The molecule has 0 saturated heterocycles. The Bertz CT molecular complexity index is 216. The summed E-state index contributed by atoms with van der Waals surface area (Å²) in [5.74, 6) is 0.759. The fraction of sp³-hybridized carbons (Fsp3) is 0.333. The van der Waals surface area contributed by atoms with Gasteiger partial charge in [-0.1, -0.05) is 12.1 Å². The maximum Gasteiger partial charge on any atom is 0.122 e. The van der Waals surface area contributed by atoms with Gasteiger partial charge in [-0.25, -0.2) is 4.39 Å². The third-order valence-electron chi connectivity index (χ3n) is 1.58. The summed E-state index contributed by atoms with van der Waals surface area (Å²) in [7, 11) is 1.59. The largest absolute Gasteiger partial charge is 0.497 e. The van der Waals surface area contributed by atoms with Crippen LogP contribution in [0.2, 0.25) is 0 Å². The Balaban J connectivity index is 2.83. The predicted octanol–water partition coefficient (Wildman–Crippen LogP) is 2.73. The molecule has 0 fully saturated rings. The molecule has 0 aliphatic rings. The van der Waals surface area contributed by atoms with Gasteiger partial charge < -0.3 is 4.74 Å². The van der Waals surface area contributed by atoms with Crippen molar-refractivity contribution in [2.75, 3.05) is 7.11 Å². The molecule has 1 atom stereocenters. The average Bonchev–Trinajstić information content (AvgIpc) is 2.05. The Labute approximate surface area is 65.8 Å². The van der Waals surface area contributed by atoms with E-state index in [1.54, 1.807) is 31.4 Å². The van der Waals surface area contributed by atoms with Crippen LogP contribution in [0.25, 0.3) is 0 Å². The van der Waals surface area contributed by atoms with Crippen LogP contribution in [0.1, 0.15) is 18.7 Å². The number of alkyl halides is 1. The van der Waals surface area contributed by atoms with Crippen molar-refractivity contribution >= 4 is 0 Å². The van der Waals surface area contributed by atoms with Crippen molar-refractivity contribution in [2.45, 2.75) is 13.1 Å². The monoisotopic (exact) mass is 154 g/mol. The smallest absolute Gasteiger partial charge is 0.122 e. The summed E-state index contributed by atoms with van der Waals surface area (Å²) in [6.07, 6.45) is -0.902. The van der Waals surface area contributed by atoms with Crippen LogP contribution in [0.15, 0.2) is 24.3 Å². The molecule has 0 spiro atoms. The van der Waals surface area contributed by atoms with Crippen LogP contribution < -0.4 is 4.74 Å². The Hall–Kier alpha value is -1.05. The Morgan fingerprint density at radius 2 is 1.82 bits per heavy atom. The molecule has 2 heteroatoms. The lowest BCUT2D eigenvalue weighted by Gasteiger charge is -2.02. The summed E-state index contributed by atoms with van der Waals surface area (Å²) in [5, 5.41) is 0. The van der Waals surface area contributed by atoms with E-state index < -0.39 is 6.17 Å². The van der Waals surface area contributed by atoms with Gasteiger partial charge in [-0.15, -0.1) is 0 Å². The highest BCUT2D eigenvalue weighted by molar-refractivity contribution is 5.28. The third-order valence-corrected chi connectivity index (χ3v) is 1.58. The van der Waals surface area contributed by atoms with Gasteiger partial charge in [0, 0.05) is 0 Å². The highest BCUT2D eigenvalue weighted by Crippen LogP contribution is 2.19. The van der Waals surface area contributed by atoms with E-state index in [2.05, 4.69) is 0 Å². The van der Waals surface area contributed by atoms with Gasteiger partial charge in [0.25, 0.3) is 0 Å². The summed E-state index contributed by atoms with van der Waals surface area (Å²) in [6, 6.07) is 6.96. The second-order valence-electron chi connectivity index (χ2n) is 2.39. The summed E-state index contributed by atoms with van der Waals surface area (Å²) >= 11 is 0. The van der Waals surface area contributed by atoms with Crippen molar-refractivity contribution in [1.82, 2.24) is 0 Å². The molecule has 0 aliphatic heterocycles. The number of halogens is 1. The second-order valence-corrected chi connectivity index (χ2v) is 2.39. The molecular weight excluding hydrogens is 143 g/mol. The fourth-order valence-corrected chi connectivity index (χ4v) is 0.869. The summed E-state index contributed by atoms with van der Waals surface area (Å²) in [4.78, 5) is 0. The minimum Gasteiger partial charge on any atom is -0.497 e. The number of benzene rings is 1. The molecule has 0 heterocycles. The van der Waals surface area contributed by atoms with Gasteiger partial charge in [-0.3, -0.25) is 0 Å². The van der Waals surface area contributed by atoms with Gasteiger partial charge in [0.15, 0.2) is 0 Å². The van der Waals surface area contributed by atoms with Crippen LogP contribution in [-0.4, -0.2) is 7.11 Å². The predicted molar refractivity (Wildman–Crippen MR) is 42.5 cm³/mol. The second kappa shape index (κ2) is 3.37. The van der Waals surface area contributed by atoms with Crippen molar-refractivity contribution in [1.29, 1.82) is 0 Å². The quantitative estimate of drug-likeness (QED) is 0.636. The molecule has 1 aromatic carbocycles. The normalized spacial score (nSPS) is 12.6. The molecule has 0 saturated carbocycles. The Morgan fingerprint density at radius 1 is 1.27 bits per heavy atom. The van der Waals surface area contributed by atoms with Gasteiger partial charge in [0.05, 0.1) is 7.11 Å². The van der Waals surface area contributed by atoms with Crippen LogP contribution >= 0.6 is 0 Å². The van der Waals surface area contributed by atoms with Crippen LogP contribution in [0, 0.1) is 0 Å². The van der Waals surface area contributed by atoms with E-state index in [0.717, 1.165) is 5.75 Å². The number of hydrogen-bond donors (Lipinski definition) is 0. The van der Waals surface area contributed by atoms with Crippen LogP contribution in [0.4, 0.5) is 4.39 Å². The van der Waals surface area contributed by atoms with Crippen molar-refractivity contribution < 1.29 is 9.13 Å².